The normalized spacial score (nSPS) is 15.0. The van der Waals surface area contributed by atoms with Crippen molar-refractivity contribution in [1.82, 2.24) is 49.6 Å². The van der Waals surface area contributed by atoms with Crippen LogP contribution in [0.3, 0.4) is 0 Å². The molecule has 7 rings (SSSR count). The van der Waals surface area contributed by atoms with Gasteiger partial charge in [0, 0.05) is 23.4 Å². The highest BCUT2D eigenvalue weighted by molar-refractivity contribution is 6.62. The highest BCUT2D eigenvalue weighted by Crippen LogP contribution is 2.37. The van der Waals surface area contributed by atoms with E-state index in [-0.39, 0.29) is 62.9 Å². The standard InChI is InChI=1S/C14H18BF4NO3.C14H9F6N5O.C6H3ClF2N4.4CH4/c1-8(14(17,18)19)21-11-10(16)6-9(7-20-11)15-22-12(2,3)13(4,5)23-15;1-6(14(18,19)20)26-13-8(15)4-7(5-21-13)9-2-3-10-22-23-12(11(16)17)25(10)24-9;7-3-1-2-4-10-11-6(5(8)9)13(4)12-3;;;;/h6-8H,1-5H3;2-6,11H,1H3;1-2,5H;4*1H4/t8-;6-;;;;;/m00...../s1. The molecule has 7 heterocycles. The third kappa shape index (κ3) is 13.5. The molecular weight excluding hydrogens is 935 g/mol. The summed E-state index contributed by atoms with van der Waals surface area (Å²) in [6.07, 6.45) is -17.1. The molecule has 0 unspecified atom stereocenters. The number of nitrogens with zero attached hydrogens (tertiary/aromatic N) is 10. The van der Waals surface area contributed by atoms with Crippen molar-refractivity contribution in [2.75, 3.05) is 0 Å². The van der Waals surface area contributed by atoms with Gasteiger partial charge >= 0.3 is 19.5 Å². The molecule has 0 radical (unpaired) electrons. The van der Waals surface area contributed by atoms with Crippen molar-refractivity contribution in [1.29, 1.82) is 0 Å². The van der Waals surface area contributed by atoms with Gasteiger partial charge in [-0.05, 0) is 77.9 Å². The predicted molar refractivity (Wildman–Crippen MR) is 219 cm³/mol. The molecule has 0 amide bonds. The van der Waals surface area contributed by atoms with E-state index in [4.69, 9.17) is 20.9 Å². The van der Waals surface area contributed by atoms with Crippen molar-refractivity contribution >= 4 is 35.5 Å². The Morgan fingerprint density at radius 2 is 1.06 bits per heavy atom. The first-order valence-corrected chi connectivity index (χ1v) is 17.9. The lowest BCUT2D eigenvalue weighted by Gasteiger charge is -2.32. The topological polar surface area (TPSA) is 149 Å². The average molecular weight is 981 g/mol. The predicted octanol–water partition coefficient (Wildman–Crippen LogP) is 10.7. The minimum absolute atomic E-state index is 0. The fourth-order valence-electron chi connectivity index (χ4n) is 4.77. The smallest absolute Gasteiger partial charge is 0.463 e. The number of aromatic nitrogens is 10. The summed E-state index contributed by atoms with van der Waals surface area (Å²) >= 11 is 5.52. The molecule has 66 heavy (non-hydrogen) atoms. The molecule has 28 heteroatoms. The summed E-state index contributed by atoms with van der Waals surface area (Å²) < 4.78 is 175. The molecule has 0 saturated carbocycles. The van der Waals surface area contributed by atoms with Crippen LogP contribution in [0.2, 0.25) is 5.15 Å². The van der Waals surface area contributed by atoms with E-state index in [9.17, 15) is 52.7 Å². The fourth-order valence-corrected chi connectivity index (χ4v) is 4.91. The number of pyridine rings is 2. The van der Waals surface area contributed by atoms with Gasteiger partial charge in [0.1, 0.15) is 5.15 Å². The summed E-state index contributed by atoms with van der Waals surface area (Å²) in [6.45, 7) is 8.82. The van der Waals surface area contributed by atoms with Gasteiger partial charge in [-0.3, -0.25) is 0 Å². The van der Waals surface area contributed by atoms with E-state index in [0.717, 1.165) is 34.3 Å². The number of halogens is 13. The Morgan fingerprint density at radius 3 is 1.48 bits per heavy atom. The molecule has 14 nitrogen and oxygen atoms in total. The lowest BCUT2D eigenvalue weighted by molar-refractivity contribution is -0.190. The van der Waals surface area contributed by atoms with Crippen molar-refractivity contribution in [3.05, 3.63) is 77.2 Å². The lowest BCUT2D eigenvalue weighted by Crippen LogP contribution is -2.41. The van der Waals surface area contributed by atoms with Gasteiger partial charge < -0.3 is 18.8 Å². The van der Waals surface area contributed by atoms with Crippen LogP contribution in [0.5, 0.6) is 11.8 Å². The van der Waals surface area contributed by atoms with Crippen molar-refractivity contribution in [2.24, 2.45) is 0 Å². The Labute approximate surface area is 376 Å². The highest BCUT2D eigenvalue weighted by atomic mass is 35.5. The van der Waals surface area contributed by atoms with E-state index in [0.29, 0.717) is 6.92 Å². The van der Waals surface area contributed by atoms with Crippen molar-refractivity contribution < 1.29 is 71.5 Å². The molecule has 0 N–H and O–H groups in total. The monoisotopic (exact) mass is 980 g/mol. The number of hydrogen-bond donors (Lipinski definition) is 0. The molecule has 2 atom stereocenters. The van der Waals surface area contributed by atoms with E-state index < -0.39 is 90.8 Å². The van der Waals surface area contributed by atoms with Gasteiger partial charge in [-0.15, -0.1) is 20.4 Å². The molecule has 1 aliphatic heterocycles. The van der Waals surface area contributed by atoms with Crippen LogP contribution in [0, 0.1) is 11.6 Å². The first kappa shape index (κ1) is 58.5. The highest BCUT2D eigenvalue weighted by Gasteiger charge is 2.52. The zero-order chi connectivity index (χ0) is 46.1. The van der Waals surface area contributed by atoms with E-state index >= 15 is 0 Å². The van der Waals surface area contributed by atoms with Gasteiger partial charge in [-0.25, -0.2) is 36.3 Å². The summed E-state index contributed by atoms with van der Waals surface area (Å²) in [5.74, 6) is -4.91. The number of fused-ring (bicyclic) bond motifs is 2. The second kappa shape index (κ2) is 22.3. The zero-order valence-electron chi connectivity index (χ0n) is 32.5. The number of hydrogen-bond acceptors (Lipinski definition) is 12. The maximum Gasteiger partial charge on any atom is 0.496 e. The van der Waals surface area contributed by atoms with Crippen LogP contribution in [0.4, 0.5) is 52.7 Å². The molecule has 0 aliphatic carbocycles. The molecule has 1 saturated heterocycles. The Morgan fingerprint density at radius 1 is 0.636 bits per heavy atom. The Hall–Kier alpha value is -5.57. The second-order valence-electron chi connectivity index (χ2n) is 13.9. The maximum atomic E-state index is 14.0. The summed E-state index contributed by atoms with van der Waals surface area (Å²) in [5, 5.41) is 21.2. The third-order valence-corrected chi connectivity index (χ3v) is 9.09. The van der Waals surface area contributed by atoms with Crippen molar-refractivity contribution in [2.45, 2.75) is 120 Å². The molecule has 366 valence electrons. The van der Waals surface area contributed by atoms with Crippen molar-refractivity contribution in [3.63, 3.8) is 0 Å². The second-order valence-corrected chi connectivity index (χ2v) is 14.3. The lowest BCUT2D eigenvalue weighted by atomic mass is 9.80. The van der Waals surface area contributed by atoms with Crippen LogP contribution in [0.1, 0.15) is 95.7 Å². The summed E-state index contributed by atoms with van der Waals surface area (Å²) in [5.41, 5.74) is -0.571. The zero-order valence-corrected chi connectivity index (χ0v) is 33.3. The molecule has 0 spiro atoms. The van der Waals surface area contributed by atoms with Crippen LogP contribution < -0.4 is 14.9 Å². The Balaban J connectivity index is 0.000000502. The minimum Gasteiger partial charge on any atom is -0.463 e. The van der Waals surface area contributed by atoms with Crippen LogP contribution in [-0.2, 0) is 9.31 Å². The average Bonchev–Trinajstić information content (AvgIpc) is 3.85. The van der Waals surface area contributed by atoms with E-state index in [2.05, 4.69) is 50.0 Å². The third-order valence-electron chi connectivity index (χ3n) is 8.89. The summed E-state index contributed by atoms with van der Waals surface area (Å²) in [4.78, 5) is 7.12. The molecule has 1 fully saturated rings. The molecule has 1 aliphatic rings. The minimum atomic E-state index is -4.68. The molecule has 6 aromatic rings. The van der Waals surface area contributed by atoms with Crippen LogP contribution in [0.15, 0.2) is 48.8 Å². The van der Waals surface area contributed by atoms with Crippen LogP contribution in [0.25, 0.3) is 22.6 Å². The fraction of sp³-hybridized carbons (Fsp3) is 0.474. The first-order valence-electron chi connectivity index (χ1n) is 17.5. The van der Waals surface area contributed by atoms with E-state index in [1.54, 1.807) is 0 Å². The van der Waals surface area contributed by atoms with Gasteiger partial charge in [0.2, 0.25) is 11.6 Å². The molecular formula is C38H46BClF12N10O4. The first-order chi connectivity index (χ1) is 28.7. The van der Waals surface area contributed by atoms with Gasteiger partial charge in [0.25, 0.3) is 24.6 Å². The van der Waals surface area contributed by atoms with Gasteiger partial charge in [-0.1, -0.05) is 41.3 Å². The van der Waals surface area contributed by atoms with Crippen LogP contribution >= 0.6 is 11.6 Å². The SMILES string of the molecule is C.C.C.C.C[C@H](Oc1ncc(-c2ccc3nnc(C(F)F)n3n2)cc1F)C(F)(F)F.C[C@H](Oc1ncc(B2OC(C)(C)C(C)(C)O2)cc1F)C(F)(F)F.FC(F)c1nnc2ccc(Cl)nn12. The Kier molecular flexibility index (Phi) is 19.7. The maximum absolute atomic E-state index is 14.0. The largest absolute Gasteiger partial charge is 0.496 e. The van der Waals surface area contributed by atoms with Gasteiger partial charge in [-0.2, -0.15) is 45.6 Å². The number of rotatable bonds is 8. The molecule has 6 aromatic heterocycles. The van der Waals surface area contributed by atoms with Gasteiger partial charge in [0.05, 0.1) is 16.9 Å². The quantitative estimate of drug-likeness (QED) is 0.106. The summed E-state index contributed by atoms with van der Waals surface area (Å²) in [7, 11) is -0.851. The van der Waals surface area contributed by atoms with Crippen molar-refractivity contribution in [3.8, 4) is 23.0 Å². The van der Waals surface area contributed by atoms with Crippen LogP contribution in [-0.4, -0.2) is 92.5 Å². The number of ether oxygens (including phenoxy) is 2. The summed E-state index contributed by atoms with van der Waals surface area (Å²) in [6, 6.07) is 7.46. The van der Waals surface area contributed by atoms with Gasteiger partial charge in [0.15, 0.2) is 35.1 Å². The van der Waals surface area contributed by atoms with E-state index in [1.165, 1.54) is 30.5 Å². The van der Waals surface area contributed by atoms with E-state index in [1.807, 2.05) is 27.7 Å². The molecule has 0 aromatic carbocycles. The Bertz CT molecular complexity index is 2500. The number of alkyl halides is 10. The molecule has 0 bridgehead atoms.